The second-order valence-electron chi connectivity index (χ2n) is 7.08. The molecule has 0 aliphatic carbocycles. The molecular formula is C17H24N4O4S. The fraction of sp³-hybridized carbons (Fsp3) is 0.647. The number of nitrogens with zero attached hydrogens (tertiary/aromatic N) is 4. The number of urea groups is 1. The normalized spacial score (nSPS) is 28.8. The molecule has 2 amide bonds. The lowest BCUT2D eigenvalue weighted by molar-refractivity contribution is 0.0174. The first-order valence-corrected chi connectivity index (χ1v) is 10.8. The maximum Gasteiger partial charge on any atom is 0.320 e. The number of morpholine rings is 1. The SMILES string of the molecule is O=C(N1CCOCC1)N1CCN(Cc2ccccn2)[C@@H]2CS(=O)(=O)C[C@@H]21. The summed E-state index contributed by atoms with van der Waals surface area (Å²) in [7, 11) is -3.15. The van der Waals surface area contributed by atoms with E-state index in [2.05, 4.69) is 9.88 Å². The highest BCUT2D eigenvalue weighted by atomic mass is 32.2. The van der Waals surface area contributed by atoms with Gasteiger partial charge in [-0.3, -0.25) is 9.88 Å². The summed E-state index contributed by atoms with van der Waals surface area (Å²) >= 11 is 0. The van der Waals surface area contributed by atoms with Gasteiger partial charge in [0.05, 0.1) is 36.5 Å². The summed E-state index contributed by atoms with van der Waals surface area (Å²) in [4.78, 5) is 23.0. The highest BCUT2D eigenvalue weighted by Gasteiger charge is 2.48. The molecule has 0 unspecified atom stereocenters. The van der Waals surface area contributed by atoms with Crippen LogP contribution >= 0.6 is 0 Å². The molecule has 9 heteroatoms. The highest BCUT2D eigenvalue weighted by Crippen LogP contribution is 2.29. The van der Waals surface area contributed by atoms with Crippen LogP contribution in [0.3, 0.4) is 0 Å². The van der Waals surface area contributed by atoms with E-state index in [4.69, 9.17) is 4.74 Å². The summed E-state index contributed by atoms with van der Waals surface area (Å²) in [6, 6.07) is 5.24. The smallest absolute Gasteiger partial charge is 0.320 e. The zero-order chi connectivity index (χ0) is 18.1. The Morgan fingerprint density at radius 3 is 2.62 bits per heavy atom. The Bertz CT molecular complexity index is 751. The third-order valence-corrected chi connectivity index (χ3v) is 7.11. The summed E-state index contributed by atoms with van der Waals surface area (Å²) in [5, 5.41) is 0. The quantitative estimate of drug-likeness (QED) is 0.708. The monoisotopic (exact) mass is 380 g/mol. The standard InChI is InChI=1S/C17H24N4O4S/c22-17(19-7-9-25-10-8-19)21-6-5-20(11-14-3-1-2-4-18-14)15-12-26(23,24)13-16(15)21/h1-4,15-16H,5-13H2/t15-,16+/m1/s1. The summed E-state index contributed by atoms with van der Waals surface area (Å²) in [6.45, 7) is 4.02. The summed E-state index contributed by atoms with van der Waals surface area (Å²) in [5.74, 6) is 0.157. The number of piperazine rings is 1. The molecule has 1 aromatic heterocycles. The van der Waals surface area contributed by atoms with Crippen LogP contribution in [0.2, 0.25) is 0 Å². The van der Waals surface area contributed by atoms with Crippen molar-refractivity contribution in [3.63, 3.8) is 0 Å². The maximum atomic E-state index is 12.9. The number of carbonyl (C=O) groups excluding carboxylic acids is 1. The van der Waals surface area contributed by atoms with Crippen molar-refractivity contribution in [2.45, 2.75) is 18.6 Å². The number of fused-ring (bicyclic) bond motifs is 1. The summed E-state index contributed by atoms with van der Waals surface area (Å²) in [5.41, 5.74) is 0.920. The number of amides is 2. The number of carbonyl (C=O) groups is 1. The molecule has 0 aromatic carbocycles. The zero-order valence-corrected chi connectivity index (χ0v) is 15.5. The van der Waals surface area contributed by atoms with Gasteiger partial charge in [-0.15, -0.1) is 0 Å². The van der Waals surface area contributed by atoms with Gasteiger partial charge >= 0.3 is 6.03 Å². The summed E-state index contributed by atoms with van der Waals surface area (Å²) < 4.78 is 30.0. The third-order valence-electron chi connectivity index (χ3n) is 5.41. The van der Waals surface area contributed by atoms with Crippen LogP contribution in [0.4, 0.5) is 4.79 Å². The number of pyridine rings is 1. The predicted octanol–water partition coefficient (Wildman–Crippen LogP) is -0.183. The van der Waals surface area contributed by atoms with Crippen molar-refractivity contribution in [2.24, 2.45) is 0 Å². The van der Waals surface area contributed by atoms with Crippen LogP contribution in [0.15, 0.2) is 24.4 Å². The van der Waals surface area contributed by atoms with Gasteiger partial charge in [0, 0.05) is 45.0 Å². The first-order chi connectivity index (χ1) is 12.5. The van der Waals surface area contributed by atoms with Crippen LogP contribution in [0.5, 0.6) is 0 Å². The van der Waals surface area contributed by atoms with Gasteiger partial charge in [-0.1, -0.05) is 6.07 Å². The Morgan fingerprint density at radius 1 is 1.12 bits per heavy atom. The molecule has 3 saturated heterocycles. The molecule has 3 aliphatic rings. The Morgan fingerprint density at radius 2 is 1.88 bits per heavy atom. The molecule has 8 nitrogen and oxygen atoms in total. The molecule has 3 fully saturated rings. The lowest BCUT2D eigenvalue weighted by Gasteiger charge is -2.45. The largest absolute Gasteiger partial charge is 0.378 e. The van der Waals surface area contributed by atoms with Gasteiger partial charge in [0.2, 0.25) is 0 Å². The second-order valence-corrected chi connectivity index (χ2v) is 9.23. The first-order valence-electron chi connectivity index (χ1n) is 9.01. The Labute approximate surface area is 153 Å². The van der Waals surface area contributed by atoms with Crippen LogP contribution in [0.25, 0.3) is 0 Å². The molecule has 2 atom stereocenters. The van der Waals surface area contributed by atoms with Crippen LogP contribution < -0.4 is 0 Å². The van der Waals surface area contributed by atoms with Crippen molar-refractivity contribution < 1.29 is 17.9 Å². The average Bonchev–Trinajstić information content (AvgIpc) is 2.98. The molecule has 4 rings (SSSR count). The van der Waals surface area contributed by atoms with Gasteiger partial charge in [-0.25, -0.2) is 13.2 Å². The van der Waals surface area contributed by atoms with Crippen LogP contribution in [-0.2, 0) is 21.1 Å². The van der Waals surface area contributed by atoms with E-state index < -0.39 is 9.84 Å². The molecule has 4 heterocycles. The first kappa shape index (κ1) is 17.7. The molecule has 0 bridgehead atoms. The fourth-order valence-corrected chi connectivity index (χ4v) is 6.11. The average molecular weight is 380 g/mol. The molecule has 0 saturated carbocycles. The maximum absolute atomic E-state index is 12.9. The highest BCUT2D eigenvalue weighted by molar-refractivity contribution is 7.91. The number of sulfone groups is 1. The van der Waals surface area contributed by atoms with E-state index in [1.807, 2.05) is 18.2 Å². The number of ether oxygens (including phenoxy) is 1. The topological polar surface area (TPSA) is 83.1 Å². The number of aromatic nitrogens is 1. The van der Waals surface area contributed by atoms with Crippen molar-refractivity contribution in [2.75, 3.05) is 50.9 Å². The second kappa shape index (κ2) is 7.13. The van der Waals surface area contributed by atoms with Gasteiger partial charge in [0.1, 0.15) is 0 Å². The van der Waals surface area contributed by atoms with E-state index in [0.717, 1.165) is 5.69 Å². The predicted molar refractivity (Wildman–Crippen MR) is 95.4 cm³/mol. The van der Waals surface area contributed by atoms with Gasteiger partial charge in [0.25, 0.3) is 0 Å². The zero-order valence-electron chi connectivity index (χ0n) is 14.7. The lowest BCUT2D eigenvalue weighted by atomic mass is 10.0. The molecule has 1 aromatic rings. The molecular weight excluding hydrogens is 356 g/mol. The lowest BCUT2D eigenvalue weighted by Crippen LogP contribution is -2.63. The van der Waals surface area contributed by atoms with E-state index in [1.54, 1.807) is 16.0 Å². The number of hydrogen-bond acceptors (Lipinski definition) is 6. The molecule has 0 N–H and O–H groups in total. The molecule has 142 valence electrons. The van der Waals surface area contributed by atoms with Crippen LogP contribution in [0.1, 0.15) is 5.69 Å². The Kier molecular flexibility index (Phi) is 4.85. The summed E-state index contributed by atoms with van der Waals surface area (Å²) in [6.07, 6.45) is 1.75. The number of rotatable bonds is 2. The van der Waals surface area contributed by atoms with E-state index in [9.17, 15) is 13.2 Å². The number of hydrogen-bond donors (Lipinski definition) is 0. The minimum atomic E-state index is -3.15. The van der Waals surface area contributed by atoms with E-state index in [1.165, 1.54) is 0 Å². The minimum Gasteiger partial charge on any atom is -0.378 e. The van der Waals surface area contributed by atoms with Crippen molar-refractivity contribution >= 4 is 15.9 Å². The van der Waals surface area contributed by atoms with Gasteiger partial charge in [-0.05, 0) is 12.1 Å². The minimum absolute atomic E-state index is 0.0481. The Hall–Kier alpha value is -1.71. The molecule has 0 spiro atoms. The van der Waals surface area contributed by atoms with Gasteiger partial charge in [-0.2, -0.15) is 0 Å². The van der Waals surface area contributed by atoms with E-state index in [-0.39, 0.29) is 29.6 Å². The van der Waals surface area contributed by atoms with Gasteiger partial charge in [0.15, 0.2) is 9.84 Å². The van der Waals surface area contributed by atoms with Crippen LogP contribution in [-0.4, -0.2) is 97.1 Å². The Balaban J connectivity index is 1.52. The van der Waals surface area contributed by atoms with Crippen molar-refractivity contribution in [3.05, 3.63) is 30.1 Å². The van der Waals surface area contributed by atoms with Crippen LogP contribution in [0, 0.1) is 0 Å². The third kappa shape index (κ3) is 3.56. The fourth-order valence-electron chi connectivity index (χ4n) is 4.09. The molecule has 3 aliphatic heterocycles. The van der Waals surface area contributed by atoms with Crippen molar-refractivity contribution in [1.29, 1.82) is 0 Å². The van der Waals surface area contributed by atoms with E-state index >= 15 is 0 Å². The molecule has 26 heavy (non-hydrogen) atoms. The molecule has 0 radical (unpaired) electrons. The van der Waals surface area contributed by atoms with Gasteiger partial charge < -0.3 is 14.5 Å². The van der Waals surface area contributed by atoms with Crippen molar-refractivity contribution in [3.8, 4) is 0 Å². The van der Waals surface area contributed by atoms with Crippen molar-refractivity contribution in [1.82, 2.24) is 19.7 Å². The van der Waals surface area contributed by atoms with E-state index in [0.29, 0.717) is 45.9 Å².